The number of anilines is 1. The van der Waals surface area contributed by atoms with Crippen LogP contribution >= 0.6 is 15.9 Å². The molecule has 0 spiro atoms. The molecule has 0 radical (unpaired) electrons. The standard InChI is InChI=1S/C16H15BrFNO2/c1-21-16(20)13(11-5-3-2-4-6-11)10-19-12-7-8-15(18)14(17)9-12/h2-9,13,19H,10H2,1H3. The second-order valence-electron chi connectivity index (χ2n) is 4.50. The highest BCUT2D eigenvalue weighted by atomic mass is 79.9. The zero-order chi connectivity index (χ0) is 15.2. The van der Waals surface area contributed by atoms with Gasteiger partial charge in [0.05, 0.1) is 17.5 Å². The van der Waals surface area contributed by atoms with Gasteiger partial charge in [0.15, 0.2) is 0 Å². The zero-order valence-corrected chi connectivity index (χ0v) is 13.1. The number of halogens is 2. The van der Waals surface area contributed by atoms with Crippen molar-refractivity contribution in [1.29, 1.82) is 0 Å². The van der Waals surface area contributed by atoms with Gasteiger partial charge in [0.25, 0.3) is 0 Å². The number of esters is 1. The molecule has 1 unspecified atom stereocenters. The van der Waals surface area contributed by atoms with E-state index in [1.807, 2.05) is 30.3 Å². The molecular formula is C16H15BrFNO2. The SMILES string of the molecule is COC(=O)C(CNc1ccc(F)c(Br)c1)c1ccccc1. The summed E-state index contributed by atoms with van der Waals surface area (Å²) >= 11 is 3.13. The maximum atomic E-state index is 13.2. The first-order valence-corrected chi connectivity index (χ1v) is 7.23. The predicted octanol–water partition coefficient (Wildman–Crippen LogP) is 3.96. The van der Waals surface area contributed by atoms with E-state index in [4.69, 9.17) is 4.74 Å². The number of carbonyl (C=O) groups excluding carboxylic acids is 1. The van der Waals surface area contributed by atoms with E-state index in [-0.39, 0.29) is 11.8 Å². The molecule has 2 aromatic carbocycles. The summed E-state index contributed by atoms with van der Waals surface area (Å²) in [5.74, 6) is -1.05. The third-order valence-corrected chi connectivity index (χ3v) is 3.73. The molecular weight excluding hydrogens is 337 g/mol. The van der Waals surface area contributed by atoms with Crippen LogP contribution in [0.15, 0.2) is 53.0 Å². The summed E-state index contributed by atoms with van der Waals surface area (Å²) in [4.78, 5) is 11.9. The first kappa shape index (κ1) is 15.5. The van der Waals surface area contributed by atoms with Crippen LogP contribution in [-0.2, 0) is 9.53 Å². The number of carbonyl (C=O) groups is 1. The topological polar surface area (TPSA) is 38.3 Å². The van der Waals surface area contributed by atoms with Gasteiger partial charge in [0, 0.05) is 12.2 Å². The lowest BCUT2D eigenvalue weighted by Crippen LogP contribution is -2.22. The minimum Gasteiger partial charge on any atom is -0.468 e. The van der Waals surface area contributed by atoms with Crippen LogP contribution in [0.3, 0.4) is 0 Å². The number of hydrogen-bond donors (Lipinski definition) is 1. The minimum absolute atomic E-state index is 0.310. The van der Waals surface area contributed by atoms with E-state index in [0.717, 1.165) is 11.3 Å². The Balaban J connectivity index is 2.12. The van der Waals surface area contributed by atoms with Crippen LogP contribution in [0.5, 0.6) is 0 Å². The van der Waals surface area contributed by atoms with Gasteiger partial charge in [0.1, 0.15) is 5.82 Å². The Bertz CT molecular complexity index is 619. The van der Waals surface area contributed by atoms with Crippen molar-refractivity contribution < 1.29 is 13.9 Å². The van der Waals surface area contributed by atoms with Crippen LogP contribution in [0.4, 0.5) is 10.1 Å². The van der Waals surface area contributed by atoms with Gasteiger partial charge in [-0.05, 0) is 39.7 Å². The third kappa shape index (κ3) is 4.04. The quantitative estimate of drug-likeness (QED) is 0.828. The summed E-state index contributed by atoms with van der Waals surface area (Å²) in [5.41, 5.74) is 1.60. The fraction of sp³-hybridized carbons (Fsp3) is 0.188. The summed E-state index contributed by atoms with van der Waals surface area (Å²) in [5, 5.41) is 3.13. The molecule has 1 N–H and O–H groups in total. The number of hydrogen-bond acceptors (Lipinski definition) is 3. The molecule has 1 atom stereocenters. The van der Waals surface area contributed by atoms with Crippen LogP contribution in [0.2, 0.25) is 0 Å². The highest BCUT2D eigenvalue weighted by Crippen LogP contribution is 2.22. The van der Waals surface area contributed by atoms with Gasteiger partial charge in [0.2, 0.25) is 0 Å². The van der Waals surface area contributed by atoms with Crippen molar-refractivity contribution in [2.75, 3.05) is 19.0 Å². The van der Waals surface area contributed by atoms with Crippen LogP contribution in [0.25, 0.3) is 0 Å². The average Bonchev–Trinajstić information content (AvgIpc) is 2.51. The van der Waals surface area contributed by atoms with Gasteiger partial charge >= 0.3 is 5.97 Å². The predicted molar refractivity (Wildman–Crippen MR) is 83.8 cm³/mol. The summed E-state index contributed by atoms with van der Waals surface area (Å²) in [6.07, 6.45) is 0. The van der Waals surface area contributed by atoms with E-state index in [1.165, 1.54) is 13.2 Å². The van der Waals surface area contributed by atoms with E-state index in [2.05, 4.69) is 21.2 Å². The van der Waals surface area contributed by atoms with Gasteiger partial charge < -0.3 is 10.1 Å². The number of nitrogens with one attached hydrogen (secondary N) is 1. The van der Waals surface area contributed by atoms with E-state index < -0.39 is 5.92 Å². The average molecular weight is 352 g/mol. The molecule has 0 fully saturated rings. The second kappa shape index (κ2) is 7.22. The lowest BCUT2D eigenvalue weighted by Gasteiger charge is -2.16. The van der Waals surface area contributed by atoms with Crippen molar-refractivity contribution in [3.05, 3.63) is 64.4 Å². The van der Waals surface area contributed by atoms with E-state index in [1.54, 1.807) is 12.1 Å². The van der Waals surface area contributed by atoms with E-state index in [9.17, 15) is 9.18 Å². The molecule has 0 saturated heterocycles. The first-order chi connectivity index (χ1) is 10.1. The van der Waals surface area contributed by atoms with Crippen LogP contribution in [0, 0.1) is 5.82 Å². The Labute approximate surface area is 131 Å². The maximum absolute atomic E-state index is 13.2. The maximum Gasteiger partial charge on any atom is 0.314 e. The molecule has 3 nitrogen and oxygen atoms in total. The van der Waals surface area contributed by atoms with Crippen molar-refractivity contribution in [3.8, 4) is 0 Å². The van der Waals surface area contributed by atoms with Gasteiger partial charge in [-0.25, -0.2) is 4.39 Å². The second-order valence-corrected chi connectivity index (χ2v) is 5.35. The molecule has 0 bridgehead atoms. The van der Waals surface area contributed by atoms with E-state index in [0.29, 0.717) is 11.0 Å². The van der Waals surface area contributed by atoms with Crippen molar-refractivity contribution >= 4 is 27.6 Å². The third-order valence-electron chi connectivity index (χ3n) is 3.12. The highest BCUT2D eigenvalue weighted by Gasteiger charge is 2.21. The van der Waals surface area contributed by atoms with Crippen molar-refractivity contribution in [2.45, 2.75) is 5.92 Å². The fourth-order valence-corrected chi connectivity index (χ4v) is 2.37. The normalized spacial score (nSPS) is 11.8. The van der Waals surface area contributed by atoms with Crippen molar-refractivity contribution in [2.24, 2.45) is 0 Å². The molecule has 2 aromatic rings. The molecule has 0 aliphatic heterocycles. The molecule has 0 aliphatic rings. The lowest BCUT2D eigenvalue weighted by atomic mass is 9.99. The Kier molecular flexibility index (Phi) is 5.33. The molecule has 2 rings (SSSR count). The number of ether oxygens (including phenoxy) is 1. The van der Waals surface area contributed by atoms with Gasteiger partial charge in [-0.3, -0.25) is 4.79 Å². The molecule has 21 heavy (non-hydrogen) atoms. The van der Waals surface area contributed by atoms with Crippen LogP contribution in [-0.4, -0.2) is 19.6 Å². The van der Waals surface area contributed by atoms with Gasteiger partial charge in [-0.15, -0.1) is 0 Å². The summed E-state index contributed by atoms with van der Waals surface area (Å²) in [7, 11) is 1.37. The number of rotatable bonds is 5. The monoisotopic (exact) mass is 351 g/mol. The summed E-state index contributed by atoms with van der Waals surface area (Å²) < 4.78 is 18.4. The molecule has 0 heterocycles. The molecule has 110 valence electrons. The lowest BCUT2D eigenvalue weighted by molar-refractivity contribution is -0.142. The van der Waals surface area contributed by atoms with Crippen molar-refractivity contribution in [3.63, 3.8) is 0 Å². The van der Waals surface area contributed by atoms with E-state index >= 15 is 0 Å². The van der Waals surface area contributed by atoms with Crippen molar-refractivity contribution in [1.82, 2.24) is 0 Å². The molecule has 0 aliphatic carbocycles. The summed E-state index contributed by atoms with van der Waals surface area (Å²) in [6.45, 7) is 0.370. The number of benzene rings is 2. The van der Waals surface area contributed by atoms with Gasteiger partial charge in [-0.1, -0.05) is 30.3 Å². The Morgan fingerprint density at radius 2 is 2.00 bits per heavy atom. The Morgan fingerprint density at radius 1 is 1.29 bits per heavy atom. The summed E-state index contributed by atoms with van der Waals surface area (Å²) in [6, 6.07) is 14.0. The molecule has 0 saturated carbocycles. The number of methoxy groups -OCH3 is 1. The largest absolute Gasteiger partial charge is 0.468 e. The molecule has 0 amide bonds. The minimum atomic E-state index is -0.417. The van der Waals surface area contributed by atoms with Crippen LogP contribution in [0.1, 0.15) is 11.5 Å². The molecule has 0 aromatic heterocycles. The highest BCUT2D eigenvalue weighted by molar-refractivity contribution is 9.10. The van der Waals surface area contributed by atoms with Gasteiger partial charge in [-0.2, -0.15) is 0 Å². The zero-order valence-electron chi connectivity index (χ0n) is 11.5. The first-order valence-electron chi connectivity index (χ1n) is 6.43. The molecule has 5 heteroatoms. The Morgan fingerprint density at radius 3 is 2.62 bits per heavy atom. The van der Waals surface area contributed by atoms with Crippen LogP contribution < -0.4 is 5.32 Å². The smallest absolute Gasteiger partial charge is 0.314 e. The Hall–Kier alpha value is -1.88. The fourth-order valence-electron chi connectivity index (χ4n) is 1.99.